The largest absolute Gasteiger partial charge is 0.505 e. The van der Waals surface area contributed by atoms with Crippen LogP contribution < -0.4 is 5.32 Å². The minimum atomic E-state index is -0.108. The van der Waals surface area contributed by atoms with Gasteiger partial charge in [-0.3, -0.25) is 0 Å². The summed E-state index contributed by atoms with van der Waals surface area (Å²) in [4.78, 5) is 0. The Balaban J connectivity index is 2.08. The van der Waals surface area contributed by atoms with Crippen molar-refractivity contribution in [3.8, 4) is 5.75 Å². The van der Waals surface area contributed by atoms with Crippen LogP contribution in [0.2, 0.25) is 10.0 Å². The van der Waals surface area contributed by atoms with Crippen LogP contribution in [0, 0.1) is 0 Å². The van der Waals surface area contributed by atoms with Crippen LogP contribution in [0.15, 0.2) is 31.1 Å². The van der Waals surface area contributed by atoms with Crippen molar-refractivity contribution in [1.29, 1.82) is 0 Å². The predicted molar refractivity (Wildman–Crippen MR) is 74.1 cm³/mol. The average Bonchev–Trinajstić information content (AvgIpc) is 2.81. The second-order valence-corrected chi connectivity index (χ2v) is 4.47. The average molecular weight is 284 g/mol. The Kier molecular flexibility index (Phi) is 3.79. The van der Waals surface area contributed by atoms with Gasteiger partial charge in [0, 0.05) is 30.2 Å². The highest BCUT2D eigenvalue weighted by molar-refractivity contribution is 6.37. The van der Waals surface area contributed by atoms with E-state index in [1.807, 2.05) is 6.20 Å². The van der Waals surface area contributed by atoms with E-state index in [4.69, 9.17) is 23.2 Å². The highest BCUT2D eigenvalue weighted by Crippen LogP contribution is 2.34. The van der Waals surface area contributed by atoms with Gasteiger partial charge in [0.05, 0.1) is 16.2 Å². The Hall–Kier alpha value is -1.65. The summed E-state index contributed by atoms with van der Waals surface area (Å²) < 4.78 is 1.62. The van der Waals surface area contributed by atoms with Crippen molar-refractivity contribution in [2.45, 2.75) is 6.54 Å². The summed E-state index contributed by atoms with van der Waals surface area (Å²) in [5.41, 5.74) is 1.73. The lowest BCUT2D eigenvalue weighted by atomic mass is 10.3. The molecule has 0 saturated heterocycles. The van der Waals surface area contributed by atoms with Gasteiger partial charge in [-0.1, -0.05) is 29.8 Å². The van der Waals surface area contributed by atoms with E-state index in [1.54, 1.807) is 29.2 Å². The van der Waals surface area contributed by atoms with E-state index in [-0.39, 0.29) is 15.8 Å². The van der Waals surface area contributed by atoms with Crippen LogP contribution >= 0.6 is 23.2 Å². The molecule has 94 valence electrons. The van der Waals surface area contributed by atoms with Crippen molar-refractivity contribution < 1.29 is 5.11 Å². The van der Waals surface area contributed by atoms with Crippen LogP contribution in [-0.2, 0) is 6.54 Å². The number of nitrogens with zero attached hydrogens (tertiary/aromatic N) is 2. The quantitative estimate of drug-likeness (QED) is 0.843. The summed E-state index contributed by atoms with van der Waals surface area (Å²) >= 11 is 11.6. The fourth-order valence-corrected chi connectivity index (χ4v) is 1.93. The molecule has 0 aliphatic rings. The smallest absolute Gasteiger partial charge is 0.152 e. The van der Waals surface area contributed by atoms with Crippen LogP contribution in [0.25, 0.3) is 6.20 Å². The number of benzene rings is 1. The van der Waals surface area contributed by atoms with Gasteiger partial charge in [0.1, 0.15) is 0 Å². The molecule has 0 saturated carbocycles. The maximum absolute atomic E-state index is 9.44. The highest BCUT2D eigenvalue weighted by Gasteiger charge is 2.06. The molecule has 0 aliphatic carbocycles. The lowest BCUT2D eigenvalue weighted by molar-refractivity contribution is 0.476. The zero-order valence-corrected chi connectivity index (χ0v) is 10.9. The molecule has 0 fully saturated rings. The van der Waals surface area contributed by atoms with E-state index >= 15 is 0 Å². The molecule has 0 spiro atoms. The summed E-state index contributed by atoms with van der Waals surface area (Å²) in [6.45, 7) is 4.19. The molecule has 0 amide bonds. The van der Waals surface area contributed by atoms with Crippen molar-refractivity contribution in [3.63, 3.8) is 0 Å². The fraction of sp³-hybridized carbons (Fsp3) is 0.0833. The third-order valence-electron chi connectivity index (χ3n) is 2.36. The second-order valence-electron chi connectivity index (χ2n) is 3.65. The van der Waals surface area contributed by atoms with Crippen molar-refractivity contribution in [2.24, 2.45) is 0 Å². The minimum Gasteiger partial charge on any atom is -0.505 e. The molecule has 0 radical (unpaired) electrons. The van der Waals surface area contributed by atoms with E-state index in [0.29, 0.717) is 6.54 Å². The summed E-state index contributed by atoms with van der Waals surface area (Å²) in [6, 6.07) is 3.22. The lowest BCUT2D eigenvalue weighted by Gasteiger charge is -2.07. The van der Waals surface area contributed by atoms with E-state index in [0.717, 1.165) is 11.3 Å². The number of rotatable bonds is 4. The fourth-order valence-electron chi connectivity index (χ4n) is 1.44. The Morgan fingerprint density at radius 1 is 1.39 bits per heavy atom. The molecule has 0 atom stereocenters. The minimum absolute atomic E-state index is 0.108. The zero-order chi connectivity index (χ0) is 13.1. The molecule has 1 aromatic heterocycles. The van der Waals surface area contributed by atoms with E-state index in [2.05, 4.69) is 17.0 Å². The Morgan fingerprint density at radius 2 is 2.06 bits per heavy atom. The monoisotopic (exact) mass is 283 g/mol. The van der Waals surface area contributed by atoms with Gasteiger partial charge in [-0.15, -0.1) is 0 Å². The van der Waals surface area contributed by atoms with Crippen molar-refractivity contribution >= 4 is 35.1 Å². The highest BCUT2D eigenvalue weighted by atomic mass is 35.5. The molecule has 18 heavy (non-hydrogen) atoms. The summed E-state index contributed by atoms with van der Waals surface area (Å²) in [5, 5.41) is 17.1. The lowest BCUT2D eigenvalue weighted by Crippen LogP contribution is -1.98. The predicted octanol–water partition coefficient (Wildman–Crippen LogP) is 3.61. The SMILES string of the molecule is C=Cn1cc(CNc2cc(Cl)c(O)c(Cl)c2)cn1. The Bertz CT molecular complexity index is 557. The normalized spacial score (nSPS) is 10.3. The van der Waals surface area contributed by atoms with Crippen molar-refractivity contribution in [3.05, 3.63) is 46.7 Å². The Morgan fingerprint density at radius 3 is 2.61 bits per heavy atom. The maximum atomic E-state index is 9.44. The summed E-state index contributed by atoms with van der Waals surface area (Å²) in [5.74, 6) is -0.108. The van der Waals surface area contributed by atoms with Gasteiger partial charge in [-0.25, -0.2) is 4.68 Å². The molecule has 0 bridgehead atoms. The molecule has 1 heterocycles. The number of halogens is 2. The summed E-state index contributed by atoms with van der Waals surface area (Å²) in [7, 11) is 0. The van der Waals surface area contributed by atoms with Gasteiger partial charge in [0.25, 0.3) is 0 Å². The summed E-state index contributed by atoms with van der Waals surface area (Å²) in [6.07, 6.45) is 5.19. The number of hydrogen-bond acceptors (Lipinski definition) is 3. The first-order valence-electron chi connectivity index (χ1n) is 5.17. The van der Waals surface area contributed by atoms with Gasteiger partial charge >= 0.3 is 0 Å². The number of hydrogen-bond donors (Lipinski definition) is 2. The first-order valence-corrected chi connectivity index (χ1v) is 5.93. The van der Waals surface area contributed by atoms with Gasteiger partial charge < -0.3 is 10.4 Å². The molecular weight excluding hydrogens is 273 g/mol. The van der Waals surface area contributed by atoms with Crippen molar-refractivity contribution in [2.75, 3.05) is 5.32 Å². The van der Waals surface area contributed by atoms with Gasteiger partial charge in [-0.2, -0.15) is 5.10 Å². The third kappa shape index (κ3) is 2.78. The van der Waals surface area contributed by atoms with Crippen LogP contribution in [0.1, 0.15) is 5.56 Å². The molecule has 4 nitrogen and oxygen atoms in total. The van der Waals surface area contributed by atoms with Crippen LogP contribution in [0.5, 0.6) is 5.75 Å². The zero-order valence-electron chi connectivity index (χ0n) is 9.40. The number of aromatic hydroxyl groups is 1. The maximum Gasteiger partial charge on any atom is 0.152 e. The number of anilines is 1. The molecule has 6 heteroatoms. The second kappa shape index (κ2) is 5.33. The van der Waals surface area contributed by atoms with Crippen LogP contribution in [0.4, 0.5) is 5.69 Å². The molecule has 0 unspecified atom stereocenters. The number of aromatic nitrogens is 2. The van der Waals surface area contributed by atoms with Crippen molar-refractivity contribution in [1.82, 2.24) is 9.78 Å². The molecule has 0 aliphatic heterocycles. The molecule has 2 N–H and O–H groups in total. The van der Waals surface area contributed by atoms with E-state index in [9.17, 15) is 5.11 Å². The van der Waals surface area contributed by atoms with Crippen LogP contribution in [-0.4, -0.2) is 14.9 Å². The van der Waals surface area contributed by atoms with E-state index in [1.165, 1.54) is 0 Å². The van der Waals surface area contributed by atoms with Gasteiger partial charge in [-0.05, 0) is 12.1 Å². The van der Waals surface area contributed by atoms with Gasteiger partial charge in [0.15, 0.2) is 5.75 Å². The third-order valence-corrected chi connectivity index (χ3v) is 2.93. The number of phenolic OH excluding ortho intramolecular Hbond substituents is 1. The topological polar surface area (TPSA) is 50.1 Å². The van der Waals surface area contributed by atoms with E-state index < -0.39 is 0 Å². The van der Waals surface area contributed by atoms with Gasteiger partial charge in [0.2, 0.25) is 0 Å². The first-order chi connectivity index (χ1) is 8.60. The standard InChI is InChI=1S/C12H11Cl2N3O/c1-2-17-7-8(6-16-17)5-15-9-3-10(13)12(18)11(14)4-9/h2-4,6-7,15,18H,1,5H2. The van der Waals surface area contributed by atoms with Crippen LogP contribution in [0.3, 0.4) is 0 Å². The molecule has 1 aromatic carbocycles. The first kappa shape index (κ1) is 12.8. The number of phenols is 1. The molecular formula is C12H11Cl2N3O. The molecule has 2 rings (SSSR count). The Labute approximate surface area is 114 Å². The molecule has 2 aromatic rings. The number of nitrogens with one attached hydrogen (secondary N) is 1.